The maximum atomic E-state index is 12.8. The number of amides is 1. The van der Waals surface area contributed by atoms with Crippen molar-refractivity contribution in [3.8, 4) is 17.0 Å². The highest BCUT2D eigenvalue weighted by Gasteiger charge is 2.20. The van der Waals surface area contributed by atoms with Gasteiger partial charge in [-0.15, -0.1) is 0 Å². The predicted molar refractivity (Wildman–Crippen MR) is 117 cm³/mol. The summed E-state index contributed by atoms with van der Waals surface area (Å²) in [6.45, 7) is 2.57. The Kier molecular flexibility index (Phi) is 4.91. The van der Waals surface area contributed by atoms with E-state index in [0.717, 1.165) is 16.7 Å². The topological polar surface area (TPSA) is 93.4 Å². The highest BCUT2D eigenvalue weighted by Crippen LogP contribution is 2.29. The third-order valence-corrected chi connectivity index (χ3v) is 5.23. The quantitative estimate of drug-likeness (QED) is 0.475. The fourth-order valence-corrected chi connectivity index (χ4v) is 3.66. The van der Waals surface area contributed by atoms with E-state index in [-0.39, 0.29) is 12.0 Å². The lowest BCUT2D eigenvalue weighted by molar-refractivity contribution is 0.0932. The zero-order chi connectivity index (χ0) is 21.4. The molecule has 2 N–H and O–H groups in total. The van der Waals surface area contributed by atoms with Crippen molar-refractivity contribution < 1.29 is 9.53 Å². The fraction of sp³-hybridized carbons (Fsp3) is 0.182. The molecule has 31 heavy (non-hydrogen) atoms. The Labute approximate surface area is 183 Å². The van der Waals surface area contributed by atoms with E-state index in [1.807, 2.05) is 49.5 Å². The van der Waals surface area contributed by atoms with Gasteiger partial charge < -0.3 is 15.4 Å². The first-order valence-electron chi connectivity index (χ1n) is 9.85. The average molecular weight is 435 g/mol. The molecule has 4 heterocycles. The molecule has 1 amide bonds. The van der Waals surface area contributed by atoms with Crippen molar-refractivity contribution in [3.63, 3.8) is 0 Å². The number of aromatic nitrogens is 4. The van der Waals surface area contributed by atoms with E-state index < -0.39 is 0 Å². The second-order valence-electron chi connectivity index (χ2n) is 7.31. The summed E-state index contributed by atoms with van der Waals surface area (Å²) in [6, 6.07) is 11.7. The van der Waals surface area contributed by atoms with E-state index in [1.54, 1.807) is 10.7 Å². The predicted octanol–water partition coefficient (Wildman–Crippen LogP) is 3.57. The lowest BCUT2D eigenvalue weighted by Gasteiger charge is -2.17. The van der Waals surface area contributed by atoms with Crippen LogP contribution in [0, 0.1) is 0 Å². The molecule has 0 radical (unpaired) electrons. The van der Waals surface area contributed by atoms with Gasteiger partial charge in [0.05, 0.1) is 17.8 Å². The molecular weight excluding hydrogens is 416 g/mol. The number of pyridine rings is 1. The first kappa shape index (κ1) is 19.3. The average Bonchev–Trinajstić information content (AvgIpc) is 3.20. The number of rotatable bonds is 1. The number of carbonyl (C=O) groups is 1. The maximum absolute atomic E-state index is 12.8. The van der Waals surface area contributed by atoms with Crippen LogP contribution in [0.5, 0.6) is 5.88 Å². The van der Waals surface area contributed by atoms with Gasteiger partial charge in [-0.3, -0.25) is 4.79 Å². The van der Waals surface area contributed by atoms with Crippen LogP contribution in [0.3, 0.4) is 0 Å². The van der Waals surface area contributed by atoms with Gasteiger partial charge in [-0.05, 0) is 18.6 Å². The summed E-state index contributed by atoms with van der Waals surface area (Å²) in [7, 11) is 0. The molecule has 5 rings (SSSR count). The van der Waals surface area contributed by atoms with Crippen LogP contribution in [0.25, 0.3) is 16.8 Å². The maximum Gasteiger partial charge on any atom is 0.256 e. The minimum Gasteiger partial charge on any atom is -0.473 e. The number of anilines is 1. The Balaban J connectivity index is 1.67. The van der Waals surface area contributed by atoms with Crippen molar-refractivity contribution in [1.29, 1.82) is 0 Å². The molecule has 9 heteroatoms. The van der Waals surface area contributed by atoms with Crippen molar-refractivity contribution in [2.24, 2.45) is 0 Å². The molecule has 1 aliphatic rings. The minimum absolute atomic E-state index is 0.264. The molecule has 4 aromatic rings. The summed E-state index contributed by atoms with van der Waals surface area (Å²) in [5.41, 5.74) is 3.48. The molecule has 0 aliphatic carbocycles. The highest BCUT2D eigenvalue weighted by molar-refractivity contribution is 6.30. The second kappa shape index (κ2) is 7.88. The number of halogens is 1. The fourth-order valence-electron chi connectivity index (χ4n) is 3.48. The molecule has 8 nitrogen and oxygen atoms in total. The monoisotopic (exact) mass is 434 g/mol. The molecule has 1 aromatic carbocycles. The Morgan fingerprint density at radius 1 is 1.16 bits per heavy atom. The van der Waals surface area contributed by atoms with Gasteiger partial charge in [0.1, 0.15) is 17.5 Å². The number of benzene rings is 1. The molecular formula is C22H19ClN6O2. The van der Waals surface area contributed by atoms with Gasteiger partial charge in [-0.25, -0.2) is 14.5 Å². The van der Waals surface area contributed by atoms with Crippen molar-refractivity contribution in [3.05, 3.63) is 71.1 Å². The Hall–Kier alpha value is -3.65. The van der Waals surface area contributed by atoms with Gasteiger partial charge >= 0.3 is 0 Å². The second-order valence-corrected chi connectivity index (χ2v) is 7.74. The Bertz CT molecular complexity index is 1270. The third kappa shape index (κ3) is 3.77. The van der Waals surface area contributed by atoms with Crippen LogP contribution in [0.15, 0.2) is 55.0 Å². The van der Waals surface area contributed by atoms with E-state index in [4.69, 9.17) is 21.3 Å². The summed E-state index contributed by atoms with van der Waals surface area (Å²) in [6.07, 6.45) is 4.64. The zero-order valence-electron chi connectivity index (χ0n) is 16.7. The first-order chi connectivity index (χ1) is 15.1. The molecule has 0 saturated carbocycles. The normalized spacial score (nSPS) is 16.3. The Morgan fingerprint density at radius 2 is 2.00 bits per heavy atom. The van der Waals surface area contributed by atoms with Crippen molar-refractivity contribution >= 4 is 29.0 Å². The number of nitrogens with one attached hydrogen (secondary N) is 2. The van der Waals surface area contributed by atoms with Crippen LogP contribution in [-0.2, 0) is 6.54 Å². The number of fused-ring (bicyclic) bond motifs is 2. The Morgan fingerprint density at radius 3 is 2.84 bits per heavy atom. The minimum atomic E-state index is -0.292. The van der Waals surface area contributed by atoms with Gasteiger partial charge in [0, 0.05) is 30.1 Å². The molecule has 3 aromatic heterocycles. The van der Waals surface area contributed by atoms with Crippen LogP contribution in [0.4, 0.5) is 5.82 Å². The number of hydrogen-bond acceptors (Lipinski definition) is 6. The van der Waals surface area contributed by atoms with Gasteiger partial charge in [0.25, 0.3) is 5.91 Å². The highest BCUT2D eigenvalue weighted by atomic mass is 35.5. The van der Waals surface area contributed by atoms with Crippen molar-refractivity contribution in [1.82, 2.24) is 24.9 Å². The molecule has 1 atom stereocenters. The van der Waals surface area contributed by atoms with Crippen LogP contribution in [0.1, 0.15) is 22.8 Å². The van der Waals surface area contributed by atoms with Gasteiger partial charge in [-0.2, -0.15) is 5.10 Å². The molecule has 1 unspecified atom stereocenters. The van der Waals surface area contributed by atoms with Crippen LogP contribution >= 0.6 is 11.6 Å². The summed E-state index contributed by atoms with van der Waals surface area (Å²) in [5, 5.41) is 11.1. The largest absolute Gasteiger partial charge is 0.473 e. The van der Waals surface area contributed by atoms with E-state index in [0.29, 0.717) is 41.0 Å². The number of ether oxygens (including phenoxy) is 1. The number of hydrogen-bond donors (Lipinski definition) is 2. The lowest BCUT2D eigenvalue weighted by Crippen LogP contribution is -2.33. The summed E-state index contributed by atoms with van der Waals surface area (Å²) < 4.78 is 7.60. The third-order valence-electron chi connectivity index (χ3n) is 5.02. The van der Waals surface area contributed by atoms with Crippen molar-refractivity contribution in [2.75, 3.05) is 11.9 Å². The molecule has 0 spiro atoms. The van der Waals surface area contributed by atoms with Crippen LogP contribution < -0.4 is 15.4 Å². The van der Waals surface area contributed by atoms with E-state index in [9.17, 15) is 4.79 Å². The smallest absolute Gasteiger partial charge is 0.256 e. The molecule has 156 valence electrons. The van der Waals surface area contributed by atoms with Crippen LogP contribution in [0.2, 0.25) is 5.02 Å². The van der Waals surface area contributed by atoms with Gasteiger partial charge in [-0.1, -0.05) is 41.9 Å². The van der Waals surface area contributed by atoms with E-state index >= 15 is 0 Å². The molecule has 0 saturated heterocycles. The SMILES string of the molecule is CC1CNC(=O)c2cnn3cc(-c4ccccc4)c(nc23)NCc2cc(Cl)cnc2O1. The molecule has 2 bridgehead atoms. The zero-order valence-corrected chi connectivity index (χ0v) is 17.4. The molecule has 0 fully saturated rings. The summed E-state index contributed by atoms with van der Waals surface area (Å²) >= 11 is 6.18. The van der Waals surface area contributed by atoms with Crippen molar-refractivity contribution in [2.45, 2.75) is 19.6 Å². The van der Waals surface area contributed by atoms with Crippen LogP contribution in [-0.4, -0.2) is 38.1 Å². The first-order valence-corrected chi connectivity index (χ1v) is 10.2. The lowest BCUT2D eigenvalue weighted by atomic mass is 10.1. The summed E-state index contributed by atoms with van der Waals surface area (Å²) in [4.78, 5) is 21.9. The standard InChI is InChI=1S/C22H19ClN6O2/c1-13-8-25-21(30)17-11-27-29-12-18(14-5-3-2-4-6-14)19(28-20(17)29)24-9-15-7-16(23)10-26-22(15)31-13/h2-7,10-13H,8-9H2,1H3,(H,24,28)(H,25,30). The van der Waals surface area contributed by atoms with Gasteiger partial charge in [0.2, 0.25) is 5.88 Å². The number of carbonyl (C=O) groups excluding carboxylic acids is 1. The van der Waals surface area contributed by atoms with E-state index in [1.165, 1.54) is 6.20 Å². The van der Waals surface area contributed by atoms with E-state index in [2.05, 4.69) is 20.7 Å². The summed E-state index contributed by atoms with van der Waals surface area (Å²) in [5.74, 6) is 0.814. The molecule has 1 aliphatic heterocycles. The van der Waals surface area contributed by atoms with Gasteiger partial charge in [0.15, 0.2) is 5.65 Å². The number of nitrogens with zero attached hydrogens (tertiary/aromatic N) is 4.